The monoisotopic (exact) mass is 519 g/mol. The summed E-state index contributed by atoms with van der Waals surface area (Å²) in [5, 5.41) is 26.9. The van der Waals surface area contributed by atoms with Crippen LogP contribution in [-0.2, 0) is 14.3 Å². The van der Waals surface area contributed by atoms with E-state index in [1.54, 1.807) is 26.8 Å². The Morgan fingerprint density at radius 2 is 1.68 bits per heavy atom. The summed E-state index contributed by atoms with van der Waals surface area (Å²) in [5.41, 5.74) is 0.113. The van der Waals surface area contributed by atoms with Crippen molar-refractivity contribution in [1.29, 1.82) is 0 Å². The first-order valence-corrected chi connectivity index (χ1v) is 12.1. The van der Waals surface area contributed by atoms with E-state index in [1.807, 2.05) is 36.4 Å². The largest absolute Gasteiger partial charge is 0.508 e. The van der Waals surface area contributed by atoms with E-state index in [9.17, 15) is 24.6 Å². The van der Waals surface area contributed by atoms with Crippen LogP contribution in [0.2, 0.25) is 0 Å². The fourth-order valence-corrected chi connectivity index (χ4v) is 3.90. The lowest BCUT2D eigenvalue weighted by Gasteiger charge is -2.33. The summed E-state index contributed by atoms with van der Waals surface area (Å²) in [6, 6.07) is 16.5. The van der Waals surface area contributed by atoms with Gasteiger partial charge < -0.3 is 30.5 Å². The van der Waals surface area contributed by atoms with Crippen molar-refractivity contribution < 1.29 is 29.3 Å². The number of rotatable bonds is 9. The first-order chi connectivity index (χ1) is 18.0. The van der Waals surface area contributed by atoms with Crippen LogP contribution in [0.4, 0.5) is 10.5 Å². The Balaban J connectivity index is 1.95. The second kappa shape index (κ2) is 12.2. The van der Waals surface area contributed by atoms with Crippen LogP contribution in [0.25, 0.3) is 10.8 Å². The Labute approximate surface area is 221 Å². The molecule has 0 aliphatic carbocycles. The van der Waals surface area contributed by atoms with Gasteiger partial charge in [-0.15, -0.1) is 6.58 Å². The van der Waals surface area contributed by atoms with Crippen LogP contribution in [-0.4, -0.2) is 57.8 Å². The number of fused-ring (bicyclic) bond motifs is 1. The average molecular weight is 520 g/mol. The molecule has 0 aliphatic heterocycles. The topological polar surface area (TPSA) is 128 Å². The number of amides is 3. The Hall–Kier alpha value is -4.37. The number of nitrogens with one attached hydrogen (secondary N) is 2. The number of carbonyl (C=O) groups is 3. The molecule has 0 fully saturated rings. The number of phenols is 1. The number of aromatic hydroxyl groups is 1. The van der Waals surface area contributed by atoms with Crippen molar-refractivity contribution in [1.82, 2.24) is 10.2 Å². The minimum Gasteiger partial charge on any atom is -0.508 e. The van der Waals surface area contributed by atoms with Crippen LogP contribution in [0, 0.1) is 0 Å². The van der Waals surface area contributed by atoms with Gasteiger partial charge in [0.15, 0.2) is 0 Å². The molecule has 9 heteroatoms. The number of aliphatic hydroxyl groups is 1. The molecule has 0 spiro atoms. The zero-order valence-electron chi connectivity index (χ0n) is 21.7. The highest BCUT2D eigenvalue weighted by Gasteiger charge is 2.35. The fourth-order valence-electron chi connectivity index (χ4n) is 3.90. The van der Waals surface area contributed by atoms with E-state index in [2.05, 4.69) is 17.2 Å². The Morgan fingerprint density at radius 1 is 1.03 bits per heavy atom. The summed E-state index contributed by atoms with van der Waals surface area (Å²) >= 11 is 0. The summed E-state index contributed by atoms with van der Waals surface area (Å²) in [5.74, 6) is -1.26. The second-order valence-corrected chi connectivity index (χ2v) is 9.71. The molecule has 2 atom stereocenters. The number of hydrogen-bond acceptors (Lipinski definition) is 6. The number of alkyl carbamates (subject to hydrolysis) is 1. The molecule has 0 saturated carbocycles. The second-order valence-electron chi connectivity index (χ2n) is 9.71. The third-order valence-corrected chi connectivity index (χ3v) is 5.57. The summed E-state index contributed by atoms with van der Waals surface area (Å²) in [6.07, 6.45) is 0.557. The Morgan fingerprint density at radius 3 is 2.29 bits per heavy atom. The molecule has 0 aromatic heterocycles. The summed E-state index contributed by atoms with van der Waals surface area (Å²) in [6.45, 7) is 7.93. The van der Waals surface area contributed by atoms with E-state index in [4.69, 9.17) is 4.74 Å². The maximum Gasteiger partial charge on any atom is 0.408 e. The molecule has 3 aromatic carbocycles. The molecule has 9 nitrogen and oxygen atoms in total. The maximum atomic E-state index is 13.7. The quantitative estimate of drug-likeness (QED) is 0.315. The van der Waals surface area contributed by atoms with Gasteiger partial charge >= 0.3 is 6.09 Å². The smallest absolute Gasteiger partial charge is 0.408 e. The molecule has 38 heavy (non-hydrogen) atoms. The van der Waals surface area contributed by atoms with Crippen molar-refractivity contribution in [2.75, 3.05) is 18.5 Å². The van der Waals surface area contributed by atoms with Gasteiger partial charge in [0.25, 0.3) is 5.91 Å². The van der Waals surface area contributed by atoms with Gasteiger partial charge in [-0.1, -0.05) is 48.5 Å². The van der Waals surface area contributed by atoms with E-state index in [0.717, 1.165) is 10.8 Å². The van der Waals surface area contributed by atoms with Crippen molar-refractivity contribution in [2.45, 2.75) is 38.5 Å². The molecule has 2 unspecified atom stereocenters. The van der Waals surface area contributed by atoms with E-state index >= 15 is 0 Å². The zero-order chi connectivity index (χ0) is 27.9. The third-order valence-electron chi connectivity index (χ3n) is 5.57. The number of ether oxygens (including phenoxy) is 1. The Kier molecular flexibility index (Phi) is 9.09. The summed E-state index contributed by atoms with van der Waals surface area (Å²) in [7, 11) is 0. The van der Waals surface area contributed by atoms with Crippen LogP contribution >= 0.6 is 0 Å². The highest BCUT2D eigenvalue weighted by Crippen LogP contribution is 2.27. The number of aliphatic hydroxyl groups excluding tert-OH is 1. The predicted octanol–water partition coefficient (Wildman–Crippen LogP) is 4.13. The van der Waals surface area contributed by atoms with Crippen molar-refractivity contribution in [3.05, 3.63) is 84.9 Å². The number of nitrogens with zero attached hydrogens (tertiary/aromatic N) is 1. The third kappa shape index (κ3) is 7.33. The van der Waals surface area contributed by atoms with Gasteiger partial charge in [-0.25, -0.2) is 4.79 Å². The molecule has 0 bridgehead atoms. The van der Waals surface area contributed by atoms with Crippen molar-refractivity contribution in [3.63, 3.8) is 0 Å². The first kappa shape index (κ1) is 28.2. The molecule has 3 aromatic rings. The molecular formula is C29H33N3O6. The molecule has 3 rings (SSSR count). The fraction of sp³-hybridized carbons (Fsp3) is 0.276. The van der Waals surface area contributed by atoms with E-state index in [1.165, 1.54) is 35.2 Å². The van der Waals surface area contributed by atoms with Crippen LogP contribution in [0.15, 0.2) is 79.4 Å². The molecule has 0 saturated heterocycles. The van der Waals surface area contributed by atoms with Crippen molar-refractivity contribution >= 4 is 34.4 Å². The van der Waals surface area contributed by atoms with Crippen molar-refractivity contribution in [3.8, 4) is 5.75 Å². The molecule has 0 aliphatic rings. The van der Waals surface area contributed by atoms with E-state index in [0.29, 0.717) is 11.3 Å². The van der Waals surface area contributed by atoms with Crippen LogP contribution in [0.5, 0.6) is 5.75 Å². The van der Waals surface area contributed by atoms with Gasteiger partial charge in [0.1, 0.15) is 23.4 Å². The Bertz CT molecular complexity index is 1300. The molecule has 200 valence electrons. The molecule has 3 amide bonds. The lowest BCUT2D eigenvalue weighted by Crippen LogP contribution is -2.53. The van der Waals surface area contributed by atoms with Crippen LogP contribution < -0.4 is 10.6 Å². The normalized spacial score (nSPS) is 12.7. The number of carbonyl (C=O) groups excluding carboxylic acids is 3. The summed E-state index contributed by atoms with van der Waals surface area (Å²) < 4.78 is 5.22. The lowest BCUT2D eigenvalue weighted by atomic mass is 10.0. The summed E-state index contributed by atoms with van der Waals surface area (Å²) in [4.78, 5) is 40.8. The minimum absolute atomic E-state index is 0.0103. The van der Waals surface area contributed by atoms with Crippen LogP contribution in [0.1, 0.15) is 32.4 Å². The zero-order valence-corrected chi connectivity index (χ0v) is 21.7. The molecule has 4 N–H and O–H groups in total. The van der Waals surface area contributed by atoms with Gasteiger partial charge in [0.05, 0.1) is 6.61 Å². The molecule has 0 heterocycles. The maximum absolute atomic E-state index is 13.7. The minimum atomic E-state index is -1.38. The van der Waals surface area contributed by atoms with Gasteiger partial charge in [-0.05, 0) is 61.4 Å². The van der Waals surface area contributed by atoms with Gasteiger partial charge in [0, 0.05) is 12.2 Å². The highest BCUT2D eigenvalue weighted by atomic mass is 16.6. The highest BCUT2D eigenvalue weighted by molar-refractivity contribution is 6.00. The van der Waals surface area contributed by atoms with E-state index < -0.39 is 42.2 Å². The number of phenolic OH excluding ortho intramolecular Hbond substituents is 1. The predicted molar refractivity (Wildman–Crippen MR) is 146 cm³/mol. The molecule has 0 radical (unpaired) electrons. The first-order valence-electron chi connectivity index (χ1n) is 12.1. The lowest BCUT2D eigenvalue weighted by molar-refractivity contribution is -0.140. The average Bonchev–Trinajstić information content (AvgIpc) is 2.86. The van der Waals surface area contributed by atoms with Crippen molar-refractivity contribution in [2.24, 2.45) is 0 Å². The van der Waals surface area contributed by atoms with Crippen LogP contribution in [0.3, 0.4) is 0 Å². The number of hydrogen-bond donors (Lipinski definition) is 4. The standard InChI is InChI=1S/C29H33N3O6/c1-5-16-32(27(36)24(18-33)31-28(37)38-29(2,3)4)25(20-11-14-23(34)15-12-20)26(35)30-22-13-10-19-8-6-7-9-21(19)17-22/h5-15,17,24-25,33-34H,1,16,18H2,2-4H3,(H,30,35)(H,31,37). The SMILES string of the molecule is C=CCN(C(=O)C(CO)NC(=O)OC(C)(C)C)C(C(=O)Nc1ccc2ccccc2c1)c1ccc(O)cc1. The van der Waals surface area contributed by atoms with Gasteiger partial charge in [-0.3, -0.25) is 9.59 Å². The molecular weight excluding hydrogens is 486 g/mol. The van der Waals surface area contributed by atoms with E-state index in [-0.39, 0.29) is 12.3 Å². The van der Waals surface area contributed by atoms with Gasteiger partial charge in [-0.2, -0.15) is 0 Å². The van der Waals surface area contributed by atoms with Gasteiger partial charge in [0.2, 0.25) is 5.91 Å². The number of benzene rings is 3. The number of anilines is 1.